The zero-order valence-corrected chi connectivity index (χ0v) is 14.9. The molecule has 1 saturated heterocycles. The van der Waals surface area contributed by atoms with Crippen LogP contribution in [0.5, 0.6) is 5.75 Å². The number of amides is 1. The van der Waals surface area contributed by atoms with E-state index in [4.69, 9.17) is 15.2 Å². The maximum Gasteiger partial charge on any atom is 0.251 e. The number of rotatable bonds is 7. The van der Waals surface area contributed by atoms with E-state index in [-0.39, 0.29) is 30.0 Å². The number of halogens is 1. The lowest BCUT2D eigenvalue weighted by molar-refractivity contribution is 0.0679. The summed E-state index contributed by atoms with van der Waals surface area (Å²) in [6.07, 6.45) is 4.57. The summed E-state index contributed by atoms with van der Waals surface area (Å²) in [4.78, 5) is 12.5. The number of benzene rings is 1. The van der Waals surface area contributed by atoms with Crippen LogP contribution < -0.4 is 15.8 Å². The molecule has 1 aromatic carbocycles. The first kappa shape index (κ1) is 19.0. The van der Waals surface area contributed by atoms with E-state index in [0.717, 1.165) is 32.3 Å². The lowest BCUT2D eigenvalue weighted by Gasteiger charge is -2.29. The summed E-state index contributed by atoms with van der Waals surface area (Å²) in [6, 6.07) is 7.30. The molecule has 6 heteroatoms. The average molecular weight is 355 g/mol. The Morgan fingerprint density at radius 1 is 1.42 bits per heavy atom. The highest BCUT2D eigenvalue weighted by molar-refractivity contribution is 5.95. The number of nitrogens with two attached hydrogens (primary N) is 1. The van der Waals surface area contributed by atoms with Crippen molar-refractivity contribution in [3.8, 4) is 5.75 Å². The highest BCUT2D eigenvalue weighted by atomic mass is 35.5. The van der Waals surface area contributed by atoms with Gasteiger partial charge in [0, 0.05) is 18.7 Å². The molecular formula is C18H27ClN2O3. The molecule has 2 unspecified atom stereocenters. The van der Waals surface area contributed by atoms with Gasteiger partial charge in [0.2, 0.25) is 0 Å². The first-order valence-corrected chi connectivity index (χ1v) is 8.48. The quantitative estimate of drug-likeness (QED) is 0.789. The third kappa shape index (κ3) is 4.62. The molecule has 0 bridgehead atoms. The van der Waals surface area contributed by atoms with Gasteiger partial charge in [0.25, 0.3) is 5.91 Å². The molecule has 3 rings (SSSR count). The van der Waals surface area contributed by atoms with Gasteiger partial charge in [0.15, 0.2) is 0 Å². The Bertz CT molecular complexity index is 559. The molecule has 1 heterocycles. The van der Waals surface area contributed by atoms with Crippen molar-refractivity contribution in [1.82, 2.24) is 5.32 Å². The minimum absolute atomic E-state index is 0. The summed E-state index contributed by atoms with van der Waals surface area (Å²) < 4.78 is 11.3. The van der Waals surface area contributed by atoms with Crippen molar-refractivity contribution < 1.29 is 14.3 Å². The number of nitrogens with one attached hydrogen (secondary N) is 1. The molecule has 0 radical (unpaired) electrons. The molecule has 1 aromatic rings. The maximum absolute atomic E-state index is 12.5. The van der Waals surface area contributed by atoms with Gasteiger partial charge < -0.3 is 20.5 Å². The van der Waals surface area contributed by atoms with Crippen LogP contribution in [0.4, 0.5) is 0 Å². The van der Waals surface area contributed by atoms with Gasteiger partial charge >= 0.3 is 0 Å². The van der Waals surface area contributed by atoms with Crippen LogP contribution in [0.15, 0.2) is 24.3 Å². The molecule has 1 aliphatic carbocycles. The van der Waals surface area contributed by atoms with Crippen LogP contribution in [-0.2, 0) is 4.74 Å². The Balaban J connectivity index is 0.00000208. The van der Waals surface area contributed by atoms with Gasteiger partial charge in [-0.25, -0.2) is 0 Å². The fourth-order valence-electron chi connectivity index (χ4n) is 3.06. The van der Waals surface area contributed by atoms with Gasteiger partial charge in [0.1, 0.15) is 12.4 Å². The van der Waals surface area contributed by atoms with Gasteiger partial charge in [-0.15, -0.1) is 12.4 Å². The Kier molecular flexibility index (Phi) is 6.49. The highest BCUT2D eigenvalue weighted by Crippen LogP contribution is 2.39. The van der Waals surface area contributed by atoms with E-state index >= 15 is 0 Å². The number of hydrogen-bond acceptors (Lipinski definition) is 4. The van der Waals surface area contributed by atoms with E-state index in [9.17, 15) is 4.79 Å². The smallest absolute Gasteiger partial charge is 0.251 e. The Morgan fingerprint density at radius 3 is 2.83 bits per heavy atom. The lowest BCUT2D eigenvalue weighted by Crippen LogP contribution is -2.53. The summed E-state index contributed by atoms with van der Waals surface area (Å²) in [5.41, 5.74) is 6.16. The molecule has 24 heavy (non-hydrogen) atoms. The highest BCUT2D eigenvalue weighted by Gasteiger charge is 2.41. The van der Waals surface area contributed by atoms with Crippen molar-refractivity contribution in [3.63, 3.8) is 0 Å². The van der Waals surface area contributed by atoms with Crippen LogP contribution in [0, 0.1) is 5.92 Å². The van der Waals surface area contributed by atoms with E-state index in [1.54, 1.807) is 12.1 Å². The lowest BCUT2D eigenvalue weighted by atomic mass is 9.95. The third-order valence-corrected chi connectivity index (χ3v) is 4.86. The van der Waals surface area contributed by atoms with Crippen molar-refractivity contribution in [3.05, 3.63) is 29.8 Å². The van der Waals surface area contributed by atoms with Gasteiger partial charge in [-0.05, 0) is 56.7 Å². The zero-order chi connectivity index (χ0) is 16.3. The van der Waals surface area contributed by atoms with Crippen molar-refractivity contribution in [2.45, 2.75) is 44.2 Å². The molecular weight excluding hydrogens is 328 g/mol. The second-order valence-corrected chi connectivity index (χ2v) is 6.82. The topological polar surface area (TPSA) is 73.6 Å². The molecule has 1 saturated carbocycles. The molecule has 1 aliphatic heterocycles. The average Bonchev–Trinajstić information content (AvgIpc) is 3.31. The first-order valence-electron chi connectivity index (χ1n) is 8.48. The second kappa shape index (κ2) is 8.19. The Labute approximate surface area is 149 Å². The molecule has 0 aromatic heterocycles. The predicted molar refractivity (Wildman–Crippen MR) is 95.8 cm³/mol. The van der Waals surface area contributed by atoms with Crippen LogP contribution in [0.1, 0.15) is 43.0 Å². The summed E-state index contributed by atoms with van der Waals surface area (Å²) in [5, 5.41) is 3.10. The Hall–Kier alpha value is -1.30. The second-order valence-electron chi connectivity index (χ2n) is 6.82. The number of hydrogen-bond donors (Lipinski definition) is 2. The van der Waals surface area contributed by atoms with E-state index in [1.807, 2.05) is 19.1 Å². The first-order chi connectivity index (χ1) is 11.1. The minimum atomic E-state index is -0.314. The molecule has 0 spiro atoms. The summed E-state index contributed by atoms with van der Waals surface area (Å²) >= 11 is 0. The maximum atomic E-state index is 12.5. The molecule has 2 aliphatic rings. The van der Waals surface area contributed by atoms with Crippen molar-refractivity contribution >= 4 is 18.3 Å². The molecule has 1 amide bonds. The van der Waals surface area contributed by atoms with Crippen LogP contribution in [0.3, 0.4) is 0 Å². The molecule has 2 fully saturated rings. The van der Waals surface area contributed by atoms with Gasteiger partial charge in [-0.3, -0.25) is 4.79 Å². The van der Waals surface area contributed by atoms with E-state index in [2.05, 4.69) is 5.32 Å². The van der Waals surface area contributed by atoms with Crippen LogP contribution in [-0.4, -0.2) is 37.3 Å². The summed E-state index contributed by atoms with van der Waals surface area (Å²) in [6.45, 7) is 3.84. The van der Waals surface area contributed by atoms with Gasteiger partial charge in [0.05, 0.1) is 11.6 Å². The zero-order valence-electron chi connectivity index (χ0n) is 14.1. The molecule has 3 N–H and O–H groups in total. The van der Waals surface area contributed by atoms with Gasteiger partial charge in [-0.2, -0.15) is 0 Å². The fourth-order valence-corrected chi connectivity index (χ4v) is 3.06. The number of carbonyl (C=O) groups is 1. The molecule has 2 atom stereocenters. The van der Waals surface area contributed by atoms with Gasteiger partial charge in [-0.1, -0.05) is 6.07 Å². The van der Waals surface area contributed by atoms with Crippen molar-refractivity contribution in [2.75, 3.05) is 19.8 Å². The largest absolute Gasteiger partial charge is 0.491 e. The molecule has 5 nitrogen and oxygen atoms in total. The van der Waals surface area contributed by atoms with Crippen LogP contribution in [0.25, 0.3) is 0 Å². The van der Waals surface area contributed by atoms with Crippen LogP contribution >= 0.6 is 12.4 Å². The van der Waals surface area contributed by atoms with Crippen molar-refractivity contribution in [1.29, 1.82) is 0 Å². The van der Waals surface area contributed by atoms with Crippen LogP contribution in [0.2, 0.25) is 0 Å². The standard InChI is InChI=1S/C18H26N2O3.ClH/c1-18(12-19,14-7-8-14)20-17(21)13-4-2-5-15(10-13)23-11-16-6-3-9-22-16;/h2,4-5,10,14,16H,3,6-9,11-12,19H2,1H3,(H,20,21);1H. The summed E-state index contributed by atoms with van der Waals surface area (Å²) in [7, 11) is 0. The van der Waals surface area contributed by atoms with Crippen molar-refractivity contribution in [2.24, 2.45) is 11.7 Å². The fraction of sp³-hybridized carbons (Fsp3) is 0.611. The van der Waals surface area contributed by atoms with E-state index in [1.165, 1.54) is 0 Å². The SMILES string of the molecule is CC(CN)(NC(=O)c1cccc(OCC2CCCO2)c1)C1CC1.Cl. The Morgan fingerprint density at radius 2 is 2.21 bits per heavy atom. The molecule has 134 valence electrons. The monoisotopic (exact) mass is 354 g/mol. The number of carbonyl (C=O) groups excluding carboxylic acids is 1. The third-order valence-electron chi connectivity index (χ3n) is 4.86. The van der Waals surface area contributed by atoms with E-state index < -0.39 is 0 Å². The summed E-state index contributed by atoms with van der Waals surface area (Å²) in [5.74, 6) is 1.11. The van der Waals surface area contributed by atoms with E-state index in [0.29, 0.717) is 30.4 Å². The minimum Gasteiger partial charge on any atom is -0.491 e. The number of ether oxygens (including phenoxy) is 2. The normalized spacial score (nSPS) is 22.3. The predicted octanol–water partition coefficient (Wildman–Crippen LogP) is 2.52.